The zero-order chi connectivity index (χ0) is 26.7. The van der Waals surface area contributed by atoms with Gasteiger partial charge in [-0.3, -0.25) is 4.79 Å². The molecule has 0 bridgehead atoms. The average Bonchev–Trinajstić information content (AvgIpc) is 2.95. The van der Waals surface area contributed by atoms with Gasteiger partial charge in [0, 0.05) is 0 Å². The van der Waals surface area contributed by atoms with Crippen molar-refractivity contribution in [3.8, 4) is 23.0 Å². The normalized spacial score (nSPS) is 10.8. The number of nitrogens with one attached hydrogen (secondary N) is 1. The summed E-state index contributed by atoms with van der Waals surface area (Å²) in [7, 11) is 1.47. The third kappa shape index (κ3) is 7.10. The van der Waals surface area contributed by atoms with Crippen LogP contribution in [-0.4, -0.2) is 38.4 Å². The minimum atomic E-state index is -0.523. The predicted molar refractivity (Wildman–Crippen MR) is 145 cm³/mol. The van der Waals surface area contributed by atoms with E-state index >= 15 is 0 Å². The molecule has 0 unspecified atom stereocenters. The van der Waals surface area contributed by atoms with Gasteiger partial charge in [-0.05, 0) is 77.4 Å². The van der Waals surface area contributed by atoms with Gasteiger partial charge < -0.3 is 18.9 Å². The van der Waals surface area contributed by atoms with Crippen molar-refractivity contribution < 1.29 is 28.5 Å². The molecule has 194 valence electrons. The molecule has 4 rings (SSSR count). The number of nitrogens with zero attached hydrogens (tertiary/aromatic N) is 1. The smallest absolute Gasteiger partial charge is 0.343 e. The van der Waals surface area contributed by atoms with E-state index in [1.54, 1.807) is 42.5 Å². The molecule has 0 aromatic heterocycles. The molecular weight excluding hydrogens is 484 g/mol. The SMILES string of the molecule is CCCOc1ccc(C(=O)Oc2ccc(/C=N\NC(=O)COc3ccc4ccccc4c3)cc2OC)cc1. The predicted octanol–water partition coefficient (Wildman–Crippen LogP) is 5.39. The van der Waals surface area contributed by atoms with Crippen molar-refractivity contribution in [2.24, 2.45) is 5.10 Å². The zero-order valence-electron chi connectivity index (χ0n) is 21.2. The van der Waals surface area contributed by atoms with E-state index in [0.29, 0.717) is 35.0 Å². The van der Waals surface area contributed by atoms with E-state index in [-0.39, 0.29) is 12.4 Å². The molecule has 0 fully saturated rings. The van der Waals surface area contributed by atoms with E-state index in [1.165, 1.54) is 13.3 Å². The number of esters is 1. The summed E-state index contributed by atoms with van der Waals surface area (Å²) in [4.78, 5) is 24.7. The van der Waals surface area contributed by atoms with Crippen molar-refractivity contribution >= 4 is 28.9 Å². The molecule has 4 aromatic carbocycles. The molecule has 0 aliphatic heterocycles. The van der Waals surface area contributed by atoms with Gasteiger partial charge in [-0.15, -0.1) is 0 Å². The Morgan fingerprint density at radius 3 is 2.37 bits per heavy atom. The number of hydrogen-bond acceptors (Lipinski definition) is 7. The lowest BCUT2D eigenvalue weighted by molar-refractivity contribution is -0.123. The number of ether oxygens (including phenoxy) is 4. The van der Waals surface area contributed by atoms with Crippen molar-refractivity contribution in [1.29, 1.82) is 0 Å². The number of methoxy groups -OCH3 is 1. The summed E-state index contributed by atoms with van der Waals surface area (Å²) < 4.78 is 22.0. The fourth-order valence-corrected chi connectivity index (χ4v) is 3.53. The molecule has 0 radical (unpaired) electrons. The third-order valence-corrected chi connectivity index (χ3v) is 5.45. The van der Waals surface area contributed by atoms with Crippen LogP contribution in [0.5, 0.6) is 23.0 Å². The second-order valence-electron chi connectivity index (χ2n) is 8.26. The molecule has 1 N–H and O–H groups in total. The molecule has 1 amide bonds. The van der Waals surface area contributed by atoms with Crippen LogP contribution >= 0.6 is 0 Å². The van der Waals surface area contributed by atoms with Crippen LogP contribution in [0.4, 0.5) is 0 Å². The Hall–Kier alpha value is -4.85. The average molecular weight is 513 g/mol. The molecule has 8 heteroatoms. The standard InChI is InChI=1S/C30H28N2O6/c1-3-16-36-25-12-10-23(11-13-25)30(34)38-27-15-8-21(17-28(27)35-2)19-31-32-29(33)20-37-26-14-9-22-6-4-5-7-24(22)18-26/h4-15,17-19H,3,16,20H2,1-2H3,(H,32,33)/b31-19-. The summed E-state index contributed by atoms with van der Waals surface area (Å²) in [5.74, 6) is 0.962. The summed E-state index contributed by atoms with van der Waals surface area (Å²) in [6, 6.07) is 25.2. The van der Waals surface area contributed by atoms with Crippen LogP contribution in [0.15, 0.2) is 90.0 Å². The van der Waals surface area contributed by atoms with Crippen LogP contribution in [0, 0.1) is 0 Å². The van der Waals surface area contributed by atoms with Gasteiger partial charge in [0.25, 0.3) is 5.91 Å². The highest BCUT2D eigenvalue weighted by molar-refractivity contribution is 5.92. The number of hydrogen-bond donors (Lipinski definition) is 1. The Balaban J connectivity index is 1.30. The topological polar surface area (TPSA) is 95.5 Å². The van der Waals surface area contributed by atoms with Crippen molar-refractivity contribution in [3.63, 3.8) is 0 Å². The second kappa shape index (κ2) is 12.9. The maximum Gasteiger partial charge on any atom is 0.343 e. The first-order valence-corrected chi connectivity index (χ1v) is 12.1. The molecule has 0 spiro atoms. The fourth-order valence-electron chi connectivity index (χ4n) is 3.53. The number of rotatable bonds is 11. The van der Waals surface area contributed by atoms with E-state index < -0.39 is 11.9 Å². The number of carbonyl (C=O) groups excluding carboxylic acids is 2. The van der Waals surface area contributed by atoms with Crippen molar-refractivity contribution in [1.82, 2.24) is 5.43 Å². The zero-order valence-corrected chi connectivity index (χ0v) is 21.2. The maximum absolute atomic E-state index is 12.6. The number of amides is 1. The second-order valence-corrected chi connectivity index (χ2v) is 8.26. The Morgan fingerprint density at radius 2 is 1.61 bits per heavy atom. The highest BCUT2D eigenvalue weighted by atomic mass is 16.6. The monoisotopic (exact) mass is 512 g/mol. The molecule has 4 aromatic rings. The molecule has 0 saturated carbocycles. The number of carbonyl (C=O) groups is 2. The quantitative estimate of drug-likeness (QED) is 0.125. The number of hydrazone groups is 1. The third-order valence-electron chi connectivity index (χ3n) is 5.45. The Kier molecular flexibility index (Phi) is 8.91. The van der Waals surface area contributed by atoms with Crippen LogP contribution in [-0.2, 0) is 4.79 Å². The molecule has 8 nitrogen and oxygen atoms in total. The first-order valence-electron chi connectivity index (χ1n) is 12.1. The number of benzene rings is 4. The first kappa shape index (κ1) is 26.2. The van der Waals surface area contributed by atoms with Crippen LogP contribution in [0.1, 0.15) is 29.3 Å². The molecule has 0 atom stereocenters. The Morgan fingerprint density at radius 1 is 0.842 bits per heavy atom. The van der Waals surface area contributed by atoms with Gasteiger partial charge >= 0.3 is 5.97 Å². The minimum absolute atomic E-state index is 0.181. The molecular formula is C30H28N2O6. The van der Waals surface area contributed by atoms with Gasteiger partial charge in [-0.25, -0.2) is 10.2 Å². The highest BCUT2D eigenvalue weighted by Gasteiger charge is 2.13. The summed E-state index contributed by atoms with van der Waals surface area (Å²) in [6.45, 7) is 2.45. The summed E-state index contributed by atoms with van der Waals surface area (Å²) in [5, 5.41) is 6.09. The summed E-state index contributed by atoms with van der Waals surface area (Å²) in [5.41, 5.74) is 3.45. The lowest BCUT2D eigenvalue weighted by Crippen LogP contribution is -2.24. The van der Waals surface area contributed by atoms with E-state index in [2.05, 4.69) is 10.5 Å². The molecule has 0 aliphatic rings. The van der Waals surface area contributed by atoms with Crippen LogP contribution < -0.4 is 24.4 Å². The van der Waals surface area contributed by atoms with E-state index in [0.717, 1.165) is 17.2 Å². The molecule has 38 heavy (non-hydrogen) atoms. The lowest BCUT2D eigenvalue weighted by Gasteiger charge is -2.10. The van der Waals surface area contributed by atoms with Gasteiger partial charge in [0.05, 0.1) is 25.5 Å². The van der Waals surface area contributed by atoms with E-state index in [9.17, 15) is 9.59 Å². The van der Waals surface area contributed by atoms with Crippen molar-refractivity contribution in [2.75, 3.05) is 20.3 Å². The van der Waals surface area contributed by atoms with Gasteiger partial charge in [0.2, 0.25) is 0 Å². The highest BCUT2D eigenvalue weighted by Crippen LogP contribution is 2.28. The Labute approximate surface area is 220 Å². The number of fused-ring (bicyclic) bond motifs is 1. The fraction of sp³-hybridized carbons (Fsp3) is 0.167. The van der Waals surface area contributed by atoms with Crippen LogP contribution in [0.25, 0.3) is 10.8 Å². The largest absolute Gasteiger partial charge is 0.494 e. The Bertz CT molecular complexity index is 1430. The van der Waals surface area contributed by atoms with Crippen LogP contribution in [0.3, 0.4) is 0 Å². The summed E-state index contributed by atoms with van der Waals surface area (Å²) >= 11 is 0. The molecule has 0 aliphatic carbocycles. The molecule has 0 heterocycles. The van der Waals surface area contributed by atoms with Crippen molar-refractivity contribution in [2.45, 2.75) is 13.3 Å². The summed E-state index contributed by atoms with van der Waals surface area (Å²) in [6.07, 6.45) is 2.36. The van der Waals surface area contributed by atoms with Gasteiger partial charge in [0.15, 0.2) is 18.1 Å². The maximum atomic E-state index is 12.6. The first-order chi connectivity index (χ1) is 18.6. The van der Waals surface area contributed by atoms with E-state index in [1.807, 2.05) is 49.4 Å². The van der Waals surface area contributed by atoms with Gasteiger partial charge in [-0.1, -0.05) is 37.3 Å². The lowest BCUT2D eigenvalue weighted by atomic mass is 10.1. The molecule has 0 saturated heterocycles. The van der Waals surface area contributed by atoms with Crippen molar-refractivity contribution in [3.05, 3.63) is 96.1 Å². The van der Waals surface area contributed by atoms with Gasteiger partial charge in [0.1, 0.15) is 11.5 Å². The van der Waals surface area contributed by atoms with Crippen LogP contribution in [0.2, 0.25) is 0 Å². The minimum Gasteiger partial charge on any atom is -0.494 e. The van der Waals surface area contributed by atoms with E-state index in [4.69, 9.17) is 18.9 Å². The van der Waals surface area contributed by atoms with Gasteiger partial charge in [-0.2, -0.15) is 5.10 Å².